The summed E-state index contributed by atoms with van der Waals surface area (Å²) in [5.74, 6) is 0. The van der Waals surface area contributed by atoms with Gasteiger partial charge >= 0.3 is 0 Å². The van der Waals surface area contributed by atoms with Gasteiger partial charge in [-0.3, -0.25) is 0 Å². The van der Waals surface area contributed by atoms with E-state index in [1.165, 1.54) is 0 Å². The summed E-state index contributed by atoms with van der Waals surface area (Å²) < 4.78 is 0. The van der Waals surface area contributed by atoms with Crippen molar-refractivity contribution in [2.75, 3.05) is 0 Å². The van der Waals surface area contributed by atoms with Crippen molar-refractivity contribution in [2.45, 2.75) is 90.6 Å². The van der Waals surface area contributed by atoms with E-state index in [0.717, 1.165) is 0 Å². The Kier molecular flexibility index (Phi) is 6.68. The first kappa shape index (κ1) is 19.8. The molecule has 0 aromatic heterocycles. The van der Waals surface area contributed by atoms with Crippen molar-refractivity contribution in [3.8, 4) is 0 Å². The van der Waals surface area contributed by atoms with Gasteiger partial charge in [0.1, 0.15) is 11.2 Å². The zero-order valence-corrected chi connectivity index (χ0v) is 14.5. The van der Waals surface area contributed by atoms with Crippen LogP contribution >= 0.6 is 0 Å². The summed E-state index contributed by atoms with van der Waals surface area (Å²) in [5.41, 5.74) is -2.04. The van der Waals surface area contributed by atoms with Crippen molar-refractivity contribution in [2.24, 2.45) is 0 Å². The second-order valence-corrected chi connectivity index (χ2v) is 7.96. The molecule has 0 rings (SSSR count). The lowest BCUT2D eigenvalue weighted by Crippen LogP contribution is -2.36. The first-order valence-electron chi connectivity index (χ1n) is 7.06. The summed E-state index contributed by atoms with van der Waals surface area (Å²) in [6, 6.07) is 0. The van der Waals surface area contributed by atoms with Crippen LogP contribution in [0.5, 0.6) is 0 Å². The molecule has 0 saturated carbocycles. The van der Waals surface area contributed by atoms with Crippen LogP contribution in [0.15, 0.2) is 0 Å². The molecule has 120 valence electrons. The summed E-state index contributed by atoms with van der Waals surface area (Å²) in [7, 11) is 0. The Labute approximate surface area is 125 Å². The fourth-order valence-corrected chi connectivity index (χ4v) is 1.06. The van der Waals surface area contributed by atoms with Gasteiger partial charge in [0, 0.05) is 0 Å². The molecule has 0 saturated heterocycles. The van der Waals surface area contributed by atoms with Gasteiger partial charge in [-0.1, -0.05) is 0 Å². The van der Waals surface area contributed by atoms with Crippen molar-refractivity contribution in [3.05, 3.63) is 13.8 Å². The molecule has 0 aromatic rings. The molecule has 0 aliphatic heterocycles. The smallest absolute Gasteiger partial charge is 0.101 e. The van der Waals surface area contributed by atoms with E-state index in [2.05, 4.69) is 13.8 Å². The Morgan fingerprint density at radius 2 is 0.800 bits per heavy atom. The maximum absolute atomic E-state index is 5.40. The minimum atomic E-state index is -0.655. The third kappa shape index (κ3) is 11.6. The molecule has 2 unspecified atom stereocenters. The van der Waals surface area contributed by atoms with E-state index in [0.29, 0.717) is 12.8 Å². The summed E-state index contributed by atoms with van der Waals surface area (Å²) in [4.78, 5) is 21.4. The van der Waals surface area contributed by atoms with Gasteiger partial charge in [0.05, 0.1) is 11.2 Å². The van der Waals surface area contributed by atoms with Crippen LogP contribution < -0.4 is 0 Å². The quantitative estimate of drug-likeness (QED) is 0.512. The van der Waals surface area contributed by atoms with Gasteiger partial charge in [0.2, 0.25) is 0 Å². The molecule has 0 amide bonds. The summed E-state index contributed by atoms with van der Waals surface area (Å²) in [6.07, 6.45) is 1.27. The van der Waals surface area contributed by atoms with Crippen molar-refractivity contribution in [3.63, 3.8) is 0 Å². The van der Waals surface area contributed by atoms with Crippen molar-refractivity contribution in [1.29, 1.82) is 0 Å². The maximum Gasteiger partial charge on any atom is 0.101 e. The van der Waals surface area contributed by atoms with Gasteiger partial charge in [-0.05, 0) is 82.1 Å². The fraction of sp³-hybridized carbons (Fsp3) is 0.875. The number of hydrogen-bond donors (Lipinski definition) is 0. The van der Waals surface area contributed by atoms with Gasteiger partial charge in [0.25, 0.3) is 0 Å². The lowest BCUT2D eigenvalue weighted by atomic mass is 9.94. The molecular weight excluding hydrogens is 256 g/mol. The Hall–Kier alpha value is -0.160. The highest BCUT2D eigenvalue weighted by atomic mass is 17.2. The van der Waals surface area contributed by atoms with Crippen LogP contribution in [-0.2, 0) is 19.6 Å². The molecule has 2 radical (unpaired) electrons. The summed E-state index contributed by atoms with van der Waals surface area (Å²) >= 11 is 0. The predicted octanol–water partition coefficient (Wildman–Crippen LogP) is 4.45. The highest BCUT2D eigenvalue weighted by Crippen LogP contribution is 2.27. The lowest BCUT2D eigenvalue weighted by molar-refractivity contribution is -0.403. The Balaban J connectivity index is 4.23. The minimum Gasteiger partial charge on any atom is -0.230 e. The normalized spacial score (nSPS) is 14.7. The zero-order valence-electron chi connectivity index (χ0n) is 14.5. The molecule has 0 heterocycles. The van der Waals surface area contributed by atoms with Gasteiger partial charge < -0.3 is 0 Å². The fourth-order valence-electron chi connectivity index (χ4n) is 1.06. The van der Waals surface area contributed by atoms with E-state index in [1.54, 1.807) is 0 Å². The van der Waals surface area contributed by atoms with Gasteiger partial charge in [-0.25, -0.2) is 19.6 Å². The van der Waals surface area contributed by atoms with Crippen molar-refractivity contribution in [1.82, 2.24) is 0 Å². The van der Waals surface area contributed by atoms with Gasteiger partial charge in [-0.15, -0.1) is 0 Å². The molecule has 2 atom stereocenters. The van der Waals surface area contributed by atoms with Crippen LogP contribution in [0.4, 0.5) is 0 Å². The molecule has 0 spiro atoms. The summed E-state index contributed by atoms with van der Waals surface area (Å²) in [6.45, 7) is 23.3. The Morgan fingerprint density at radius 3 is 1.00 bits per heavy atom. The molecule has 0 bridgehead atoms. The Morgan fingerprint density at radius 1 is 0.550 bits per heavy atom. The first-order chi connectivity index (χ1) is 8.62. The van der Waals surface area contributed by atoms with Crippen LogP contribution in [-0.4, -0.2) is 22.4 Å². The Bertz CT molecular complexity index is 252. The molecule has 0 N–H and O–H groups in total. The van der Waals surface area contributed by atoms with Gasteiger partial charge in [0.15, 0.2) is 0 Å². The molecule has 4 nitrogen and oxygen atoms in total. The maximum atomic E-state index is 5.40. The molecule has 0 fully saturated rings. The first-order valence-corrected chi connectivity index (χ1v) is 7.06. The van der Waals surface area contributed by atoms with Crippen molar-refractivity contribution >= 4 is 0 Å². The van der Waals surface area contributed by atoms with E-state index in [-0.39, 0.29) is 11.2 Å². The van der Waals surface area contributed by atoms with Gasteiger partial charge in [-0.2, -0.15) is 0 Å². The standard InChI is InChI=1S/C16H32O4/c1-13(2,3)17-19-15(7,8)11-12-16(9,10)20-18-14(4,5)6/h7,9,11-12H2,1-6,8,10H3. The molecule has 20 heavy (non-hydrogen) atoms. The lowest BCUT2D eigenvalue weighted by Gasteiger charge is -2.32. The van der Waals surface area contributed by atoms with Crippen molar-refractivity contribution < 1.29 is 19.6 Å². The second kappa shape index (κ2) is 6.73. The van der Waals surface area contributed by atoms with E-state index in [9.17, 15) is 0 Å². The minimum absolute atomic E-state index is 0.363. The topological polar surface area (TPSA) is 36.9 Å². The molecule has 4 heteroatoms. The van der Waals surface area contributed by atoms with Crippen LogP contribution in [0.3, 0.4) is 0 Å². The number of rotatable bonds is 7. The van der Waals surface area contributed by atoms with E-state index in [1.807, 2.05) is 55.4 Å². The third-order valence-electron chi connectivity index (χ3n) is 2.17. The number of hydrogen-bond acceptors (Lipinski definition) is 4. The van der Waals surface area contributed by atoms with E-state index < -0.39 is 11.2 Å². The molecule has 0 aliphatic carbocycles. The monoisotopic (exact) mass is 288 g/mol. The SMILES string of the molecule is [CH2]C(C)(CCC([CH2])(C)OOC(C)(C)C)OOC(C)(C)C. The molecule has 0 aromatic carbocycles. The molecular formula is C16H32O4. The van der Waals surface area contributed by atoms with Crippen LogP contribution in [0.1, 0.15) is 68.2 Å². The largest absolute Gasteiger partial charge is 0.230 e. The predicted molar refractivity (Wildman–Crippen MR) is 80.6 cm³/mol. The highest BCUT2D eigenvalue weighted by molar-refractivity contribution is 4.84. The highest BCUT2D eigenvalue weighted by Gasteiger charge is 2.30. The van der Waals surface area contributed by atoms with Crippen LogP contribution in [0.25, 0.3) is 0 Å². The van der Waals surface area contributed by atoms with Crippen LogP contribution in [0.2, 0.25) is 0 Å². The molecule has 0 aliphatic rings. The average molecular weight is 288 g/mol. The third-order valence-corrected chi connectivity index (χ3v) is 2.17. The van der Waals surface area contributed by atoms with Crippen LogP contribution in [0, 0.1) is 13.8 Å². The average Bonchev–Trinajstić information content (AvgIpc) is 2.20. The zero-order chi connectivity index (χ0) is 16.2. The van der Waals surface area contributed by atoms with E-state index >= 15 is 0 Å². The summed E-state index contributed by atoms with van der Waals surface area (Å²) in [5, 5.41) is 0. The van der Waals surface area contributed by atoms with E-state index in [4.69, 9.17) is 19.6 Å². The second-order valence-electron chi connectivity index (χ2n) is 7.96.